The Morgan fingerprint density at radius 2 is 2.13 bits per heavy atom. The summed E-state index contributed by atoms with van der Waals surface area (Å²) < 4.78 is 7.60. The second-order valence-corrected chi connectivity index (χ2v) is 3.43. The van der Waals surface area contributed by atoms with Gasteiger partial charge in [0, 0.05) is 12.4 Å². The summed E-state index contributed by atoms with van der Waals surface area (Å²) in [6.07, 6.45) is 5.49. The van der Waals surface area contributed by atoms with E-state index in [-0.39, 0.29) is 6.10 Å². The molecule has 0 N–H and O–H groups in total. The van der Waals surface area contributed by atoms with Gasteiger partial charge in [-0.3, -0.25) is 0 Å². The third kappa shape index (κ3) is 2.67. The predicted octanol–water partition coefficient (Wildman–Crippen LogP) is 2.62. The van der Waals surface area contributed by atoms with Gasteiger partial charge in [-0.05, 0) is 12.5 Å². The molecule has 3 nitrogen and oxygen atoms in total. The highest BCUT2D eigenvalue weighted by molar-refractivity contribution is 5.16. The molecule has 1 unspecified atom stereocenters. The normalized spacial score (nSPS) is 12.6. The molecule has 1 aromatic heterocycles. The van der Waals surface area contributed by atoms with E-state index < -0.39 is 0 Å². The molecule has 15 heavy (non-hydrogen) atoms. The van der Waals surface area contributed by atoms with Crippen molar-refractivity contribution in [3.63, 3.8) is 0 Å². The summed E-state index contributed by atoms with van der Waals surface area (Å²) in [4.78, 5) is 3.96. The van der Waals surface area contributed by atoms with Crippen molar-refractivity contribution >= 4 is 0 Å². The van der Waals surface area contributed by atoms with Crippen LogP contribution in [0.5, 0.6) is 0 Å². The van der Waals surface area contributed by atoms with Crippen LogP contribution in [-0.2, 0) is 11.5 Å². The molecule has 0 bridgehead atoms. The smallest absolute Gasteiger partial charge is 0.124 e. The third-order valence-corrected chi connectivity index (χ3v) is 2.30. The minimum Gasteiger partial charge on any atom is -0.353 e. The Labute approximate surface area is 89.3 Å². The van der Waals surface area contributed by atoms with Crippen LogP contribution in [0.15, 0.2) is 49.1 Å². The molecular formula is C12H14N2O. The molecule has 1 heterocycles. The van der Waals surface area contributed by atoms with E-state index >= 15 is 0 Å². The number of aromatic nitrogens is 2. The second-order valence-electron chi connectivity index (χ2n) is 3.43. The van der Waals surface area contributed by atoms with E-state index in [4.69, 9.17) is 4.74 Å². The summed E-state index contributed by atoms with van der Waals surface area (Å²) >= 11 is 0. The van der Waals surface area contributed by atoms with Crippen molar-refractivity contribution in [1.29, 1.82) is 0 Å². The lowest BCUT2D eigenvalue weighted by atomic mass is 10.1. The molecule has 0 fully saturated rings. The standard InChI is InChI=1S/C12H14N2O/c1-11(12-5-3-2-4-6-12)15-10-14-8-7-13-9-14/h2-9,11H,10H2,1H3. The summed E-state index contributed by atoms with van der Waals surface area (Å²) in [5.74, 6) is 0. The van der Waals surface area contributed by atoms with Gasteiger partial charge in [-0.15, -0.1) is 0 Å². The van der Waals surface area contributed by atoms with E-state index in [1.807, 2.05) is 35.9 Å². The molecule has 0 aliphatic rings. The lowest BCUT2D eigenvalue weighted by molar-refractivity contribution is 0.0166. The third-order valence-electron chi connectivity index (χ3n) is 2.30. The summed E-state index contributed by atoms with van der Waals surface area (Å²) in [6, 6.07) is 10.2. The Hall–Kier alpha value is -1.61. The topological polar surface area (TPSA) is 27.1 Å². The van der Waals surface area contributed by atoms with E-state index in [9.17, 15) is 0 Å². The summed E-state index contributed by atoms with van der Waals surface area (Å²) in [5, 5.41) is 0. The second kappa shape index (κ2) is 4.75. The van der Waals surface area contributed by atoms with Crippen LogP contribution in [0.2, 0.25) is 0 Å². The first-order valence-corrected chi connectivity index (χ1v) is 4.98. The maximum atomic E-state index is 5.70. The fourth-order valence-corrected chi connectivity index (χ4v) is 1.38. The van der Waals surface area contributed by atoms with Crippen LogP contribution in [0.4, 0.5) is 0 Å². The summed E-state index contributed by atoms with van der Waals surface area (Å²) in [7, 11) is 0. The van der Waals surface area contributed by atoms with Gasteiger partial charge in [0.1, 0.15) is 6.73 Å². The summed E-state index contributed by atoms with van der Waals surface area (Å²) in [5.41, 5.74) is 1.19. The van der Waals surface area contributed by atoms with Gasteiger partial charge in [0.05, 0.1) is 12.4 Å². The van der Waals surface area contributed by atoms with Crippen molar-refractivity contribution in [3.8, 4) is 0 Å². The lowest BCUT2D eigenvalue weighted by Crippen LogP contribution is -2.04. The van der Waals surface area contributed by atoms with Gasteiger partial charge in [-0.25, -0.2) is 4.98 Å². The summed E-state index contributed by atoms with van der Waals surface area (Å²) in [6.45, 7) is 2.59. The van der Waals surface area contributed by atoms with Crippen molar-refractivity contribution in [2.45, 2.75) is 19.8 Å². The van der Waals surface area contributed by atoms with E-state index in [2.05, 4.69) is 17.1 Å². The lowest BCUT2D eigenvalue weighted by Gasteiger charge is -2.13. The van der Waals surface area contributed by atoms with E-state index in [1.165, 1.54) is 5.56 Å². The molecular weight excluding hydrogens is 188 g/mol. The molecule has 0 amide bonds. The van der Waals surface area contributed by atoms with Crippen LogP contribution >= 0.6 is 0 Å². The maximum Gasteiger partial charge on any atom is 0.124 e. The number of rotatable bonds is 4. The Morgan fingerprint density at radius 1 is 1.33 bits per heavy atom. The zero-order chi connectivity index (χ0) is 10.5. The molecule has 0 aliphatic carbocycles. The first-order valence-electron chi connectivity index (χ1n) is 4.98. The van der Waals surface area contributed by atoms with Crippen LogP contribution in [-0.4, -0.2) is 9.55 Å². The quantitative estimate of drug-likeness (QED) is 0.762. The number of nitrogens with zero attached hydrogens (tertiary/aromatic N) is 2. The molecule has 1 aromatic carbocycles. The highest BCUT2D eigenvalue weighted by Crippen LogP contribution is 2.16. The Bertz CT molecular complexity index is 383. The van der Waals surface area contributed by atoms with Crippen LogP contribution in [0, 0.1) is 0 Å². The number of benzene rings is 1. The molecule has 0 saturated carbocycles. The number of hydrogen-bond donors (Lipinski definition) is 0. The van der Waals surface area contributed by atoms with E-state index in [0.717, 1.165) is 0 Å². The van der Waals surface area contributed by atoms with E-state index in [0.29, 0.717) is 6.73 Å². The Morgan fingerprint density at radius 3 is 2.80 bits per heavy atom. The molecule has 2 aromatic rings. The zero-order valence-electron chi connectivity index (χ0n) is 8.71. The van der Waals surface area contributed by atoms with Gasteiger partial charge in [0.25, 0.3) is 0 Å². The average Bonchev–Trinajstić information content (AvgIpc) is 2.80. The molecule has 2 rings (SSSR count). The van der Waals surface area contributed by atoms with Crippen LogP contribution < -0.4 is 0 Å². The fraction of sp³-hybridized carbons (Fsp3) is 0.250. The number of hydrogen-bond acceptors (Lipinski definition) is 2. The number of imidazole rings is 1. The highest BCUT2D eigenvalue weighted by atomic mass is 16.5. The maximum absolute atomic E-state index is 5.70. The fourth-order valence-electron chi connectivity index (χ4n) is 1.38. The monoisotopic (exact) mass is 202 g/mol. The minimum atomic E-state index is 0.105. The van der Waals surface area contributed by atoms with Gasteiger partial charge in [0.15, 0.2) is 0 Å². The van der Waals surface area contributed by atoms with Crippen LogP contribution in [0.1, 0.15) is 18.6 Å². The molecule has 0 spiro atoms. The average molecular weight is 202 g/mol. The van der Waals surface area contributed by atoms with Gasteiger partial charge < -0.3 is 9.30 Å². The van der Waals surface area contributed by atoms with E-state index in [1.54, 1.807) is 12.5 Å². The first kappa shape index (κ1) is 9.93. The highest BCUT2D eigenvalue weighted by Gasteiger charge is 2.04. The molecule has 78 valence electrons. The molecule has 0 saturated heterocycles. The molecule has 0 radical (unpaired) electrons. The molecule has 0 aliphatic heterocycles. The van der Waals surface area contributed by atoms with Crippen molar-refractivity contribution in [2.75, 3.05) is 0 Å². The predicted molar refractivity (Wildman–Crippen MR) is 58.2 cm³/mol. The van der Waals surface area contributed by atoms with Crippen molar-refractivity contribution in [2.24, 2.45) is 0 Å². The SMILES string of the molecule is CC(OCn1ccnc1)c1ccccc1. The van der Waals surface area contributed by atoms with Crippen LogP contribution in [0.25, 0.3) is 0 Å². The van der Waals surface area contributed by atoms with Crippen LogP contribution in [0.3, 0.4) is 0 Å². The van der Waals surface area contributed by atoms with Crippen molar-refractivity contribution in [1.82, 2.24) is 9.55 Å². The Balaban J connectivity index is 1.90. The Kier molecular flexibility index (Phi) is 3.15. The van der Waals surface area contributed by atoms with Crippen molar-refractivity contribution < 1.29 is 4.74 Å². The van der Waals surface area contributed by atoms with Gasteiger partial charge in [-0.1, -0.05) is 30.3 Å². The van der Waals surface area contributed by atoms with Gasteiger partial charge in [0.2, 0.25) is 0 Å². The molecule has 1 atom stereocenters. The van der Waals surface area contributed by atoms with Gasteiger partial charge in [-0.2, -0.15) is 0 Å². The number of ether oxygens (including phenoxy) is 1. The molecule has 3 heteroatoms. The largest absolute Gasteiger partial charge is 0.353 e. The first-order chi connectivity index (χ1) is 7.36. The van der Waals surface area contributed by atoms with Crippen molar-refractivity contribution in [3.05, 3.63) is 54.6 Å². The minimum absolute atomic E-state index is 0.105. The van der Waals surface area contributed by atoms with Gasteiger partial charge >= 0.3 is 0 Å². The zero-order valence-corrected chi connectivity index (χ0v) is 8.71.